The molecule has 2 aromatic rings. The number of nitrogens with two attached hydrogens (primary N) is 1. The monoisotopic (exact) mass is 809 g/mol. The summed E-state index contributed by atoms with van der Waals surface area (Å²) >= 11 is 3.86. The Labute approximate surface area is 339 Å². The number of carbonyl (C=O) groups is 7. The van der Waals surface area contributed by atoms with Crippen molar-refractivity contribution in [2.24, 2.45) is 11.7 Å². The lowest BCUT2D eigenvalue weighted by molar-refractivity contribution is -0.143. The Kier molecular flexibility index (Phi) is 18.5. The van der Waals surface area contributed by atoms with Crippen molar-refractivity contribution >= 4 is 61.9 Å². The van der Waals surface area contributed by atoms with Crippen molar-refractivity contribution in [3.8, 4) is 0 Å². The zero-order valence-corrected chi connectivity index (χ0v) is 33.6. The van der Waals surface area contributed by atoms with Crippen molar-refractivity contribution in [2.45, 2.75) is 107 Å². The molecule has 0 heterocycles. The lowest BCUT2D eigenvalue weighted by Gasteiger charge is -2.42. The maximum atomic E-state index is 14.0. The van der Waals surface area contributed by atoms with Crippen molar-refractivity contribution in [1.82, 2.24) is 31.9 Å². The molecule has 3 rings (SSSR count). The third-order valence-corrected chi connectivity index (χ3v) is 10.4. The van der Waals surface area contributed by atoms with Crippen molar-refractivity contribution in [2.75, 3.05) is 12.3 Å². The summed E-state index contributed by atoms with van der Waals surface area (Å²) in [4.78, 5) is 89.6. The Bertz CT molecular complexity index is 1690. The molecule has 2 aromatic carbocycles. The molecule has 7 atom stereocenters. The quantitative estimate of drug-likeness (QED) is 0.0467. The largest absolute Gasteiger partial charge is 0.481 e. The highest BCUT2D eigenvalue weighted by molar-refractivity contribution is 7.80. The maximum Gasteiger partial charge on any atom is 0.327 e. The average Bonchev–Trinajstić information content (AvgIpc) is 3.16. The standard InChI is InChI=1S/C39H56BN7O9S/c1-23(14-15-24(2)47-39(40)16-9-17-39)33(50)43-29(19-26-12-7-4-8-13-26)36(53)45-28(18-25-10-5-3-6-11-25)35(52)42-21-27(41)34(51)44-30(20-32(48)49)37(54)46-31(22-57)38(55)56/h3-8,10-13,23-24,27-31,47,57H,9,14-22,40-41H2,1-2H3,(H,42,52)(H,43,50)(H,44,51)(H,45,53)(H,46,54)(H,48,49)(H,55,56)/t23?,24?,27-,28?,29?,30-,31+/m0/s1. The van der Waals surface area contributed by atoms with Crippen LogP contribution in [0.5, 0.6) is 0 Å². The fourth-order valence-electron chi connectivity index (χ4n) is 6.40. The van der Waals surface area contributed by atoms with Gasteiger partial charge in [0, 0.05) is 37.1 Å². The first-order valence-corrected chi connectivity index (χ1v) is 19.8. The van der Waals surface area contributed by atoms with E-state index in [-0.39, 0.29) is 36.0 Å². The van der Waals surface area contributed by atoms with Gasteiger partial charge in [-0.05, 0) is 49.2 Å². The van der Waals surface area contributed by atoms with E-state index in [9.17, 15) is 43.8 Å². The van der Waals surface area contributed by atoms with Crippen LogP contribution in [0.3, 0.4) is 0 Å². The second kappa shape index (κ2) is 22.7. The van der Waals surface area contributed by atoms with E-state index in [1.807, 2.05) is 37.3 Å². The molecule has 1 fully saturated rings. The molecule has 1 aliphatic rings. The summed E-state index contributed by atoms with van der Waals surface area (Å²) in [6.45, 7) is 3.45. The summed E-state index contributed by atoms with van der Waals surface area (Å²) in [7, 11) is 2.21. The Morgan fingerprint density at radius 1 is 0.719 bits per heavy atom. The number of hydrogen-bond donors (Lipinski definition) is 10. The van der Waals surface area contributed by atoms with Crippen LogP contribution >= 0.6 is 12.6 Å². The predicted molar refractivity (Wildman–Crippen MR) is 219 cm³/mol. The normalized spacial score (nSPS) is 16.8. The van der Waals surface area contributed by atoms with Crippen molar-refractivity contribution in [3.05, 3.63) is 71.8 Å². The van der Waals surface area contributed by atoms with Gasteiger partial charge in [-0.2, -0.15) is 12.6 Å². The van der Waals surface area contributed by atoms with Crippen LogP contribution in [-0.2, 0) is 46.4 Å². The van der Waals surface area contributed by atoms with E-state index in [0.29, 0.717) is 12.0 Å². The number of aliphatic carboxylic acids is 2. The number of carboxylic acids is 2. The highest BCUT2D eigenvalue weighted by atomic mass is 32.1. The zero-order chi connectivity index (χ0) is 42.1. The van der Waals surface area contributed by atoms with Gasteiger partial charge in [-0.15, -0.1) is 0 Å². The first kappa shape index (κ1) is 46.4. The molecule has 4 unspecified atom stereocenters. The SMILES string of the molecule is BC1(NC(C)CCC(C)C(=O)NC(Cc2ccccc2)C(=O)NC(Cc2ccccc2)C(=O)NC[C@H](N)C(=O)N[C@@H](CC(=O)O)C(=O)N[C@H](CS)C(=O)O)CCC1. The van der Waals surface area contributed by atoms with Gasteiger partial charge in [0.2, 0.25) is 29.5 Å². The van der Waals surface area contributed by atoms with Crippen LogP contribution in [0, 0.1) is 5.92 Å². The van der Waals surface area contributed by atoms with E-state index in [2.05, 4.69) is 59.3 Å². The molecule has 5 amide bonds. The maximum absolute atomic E-state index is 14.0. The fraction of sp³-hybridized carbons (Fsp3) is 0.513. The van der Waals surface area contributed by atoms with Crippen molar-refractivity contribution in [3.63, 3.8) is 0 Å². The number of rotatable bonds is 24. The second-order valence-electron chi connectivity index (χ2n) is 15.0. The Morgan fingerprint density at radius 2 is 1.21 bits per heavy atom. The van der Waals surface area contributed by atoms with Crippen LogP contribution in [0.1, 0.15) is 63.5 Å². The van der Waals surface area contributed by atoms with Crippen molar-refractivity contribution < 1.29 is 43.8 Å². The lowest BCUT2D eigenvalue weighted by atomic mass is 9.62. The van der Waals surface area contributed by atoms with Crippen LogP contribution in [0.2, 0.25) is 0 Å². The van der Waals surface area contributed by atoms with E-state index >= 15 is 0 Å². The van der Waals surface area contributed by atoms with E-state index in [1.54, 1.807) is 30.3 Å². The molecule has 57 heavy (non-hydrogen) atoms. The highest BCUT2D eigenvalue weighted by Gasteiger charge is 2.34. The minimum absolute atomic E-state index is 0.0445. The Hall–Kier alpha value is -4.94. The van der Waals surface area contributed by atoms with Gasteiger partial charge in [-0.3, -0.25) is 28.8 Å². The lowest BCUT2D eigenvalue weighted by Crippen LogP contribution is -2.58. The molecule has 1 saturated carbocycles. The Balaban J connectivity index is 1.71. The van der Waals surface area contributed by atoms with E-state index in [1.165, 1.54) is 6.42 Å². The van der Waals surface area contributed by atoms with E-state index < -0.39 is 84.7 Å². The predicted octanol–water partition coefficient (Wildman–Crippen LogP) is -0.749. The summed E-state index contributed by atoms with van der Waals surface area (Å²) < 4.78 is 0. The molecule has 0 spiro atoms. The smallest absolute Gasteiger partial charge is 0.327 e. The molecule has 18 heteroatoms. The number of hydrogen-bond acceptors (Lipinski definition) is 10. The summed E-state index contributed by atoms with van der Waals surface area (Å²) in [6.07, 6.45) is 4.14. The summed E-state index contributed by atoms with van der Waals surface area (Å²) in [5.41, 5.74) is 7.65. The Morgan fingerprint density at radius 3 is 1.70 bits per heavy atom. The molecule has 310 valence electrons. The van der Waals surface area contributed by atoms with Crippen LogP contribution < -0.4 is 37.6 Å². The number of benzene rings is 2. The molecule has 1 aliphatic carbocycles. The van der Waals surface area contributed by atoms with Gasteiger partial charge in [-0.25, -0.2) is 4.79 Å². The van der Waals surface area contributed by atoms with Crippen LogP contribution in [0.4, 0.5) is 0 Å². The third kappa shape index (κ3) is 15.9. The molecule has 0 saturated heterocycles. The second-order valence-corrected chi connectivity index (χ2v) is 15.4. The molecule has 0 aliphatic heterocycles. The topological polar surface area (TPSA) is 258 Å². The molecule has 10 N–H and O–H groups in total. The number of carboxylic acid groups (broad SMARTS) is 2. The molecule has 16 nitrogen and oxygen atoms in total. The zero-order valence-electron chi connectivity index (χ0n) is 32.7. The van der Waals surface area contributed by atoms with Gasteiger partial charge in [0.25, 0.3) is 0 Å². The van der Waals surface area contributed by atoms with Gasteiger partial charge in [0.05, 0.1) is 6.42 Å². The van der Waals surface area contributed by atoms with Gasteiger partial charge >= 0.3 is 11.9 Å². The van der Waals surface area contributed by atoms with Crippen molar-refractivity contribution in [1.29, 1.82) is 0 Å². The van der Waals surface area contributed by atoms with Gasteiger partial charge in [-0.1, -0.05) is 74.0 Å². The fourth-order valence-corrected chi connectivity index (χ4v) is 6.65. The number of nitrogens with one attached hydrogen (secondary N) is 6. The van der Waals surface area contributed by atoms with Crippen LogP contribution in [-0.4, -0.2) is 114 Å². The van der Waals surface area contributed by atoms with E-state index in [4.69, 9.17) is 5.73 Å². The average molecular weight is 810 g/mol. The number of thiol groups is 1. The molecule has 0 radical (unpaired) electrons. The van der Waals surface area contributed by atoms with Crippen LogP contribution in [0.15, 0.2) is 60.7 Å². The molecular weight excluding hydrogens is 753 g/mol. The third-order valence-electron chi connectivity index (χ3n) is 10.0. The van der Waals surface area contributed by atoms with Gasteiger partial charge in [0.1, 0.15) is 38.1 Å². The molecular formula is C39H56BN7O9S. The summed E-state index contributed by atoms with van der Waals surface area (Å²) in [6, 6.07) is 11.4. The minimum Gasteiger partial charge on any atom is -0.481 e. The minimum atomic E-state index is -1.68. The summed E-state index contributed by atoms with van der Waals surface area (Å²) in [5, 5.41) is 34.7. The first-order chi connectivity index (χ1) is 27.0. The van der Waals surface area contributed by atoms with Gasteiger partial charge in [0.15, 0.2) is 0 Å². The van der Waals surface area contributed by atoms with Crippen LogP contribution in [0.25, 0.3) is 0 Å². The van der Waals surface area contributed by atoms with E-state index in [0.717, 1.165) is 24.8 Å². The number of amides is 5. The number of carbonyl (C=O) groups excluding carboxylic acids is 5. The van der Waals surface area contributed by atoms with Gasteiger partial charge < -0.3 is 47.8 Å². The molecule has 0 aromatic heterocycles. The highest BCUT2D eigenvalue weighted by Crippen LogP contribution is 2.29. The first-order valence-electron chi connectivity index (χ1n) is 19.2. The molecule has 0 bridgehead atoms. The summed E-state index contributed by atoms with van der Waals surface area (Å²) in [5.74, 6) is -7.23.